The van der Waals surface area contributed by atoms with Gasteiger partial charge in [-0.25, -0.2) is 4.90 Å². The first-order valence-corrected chi connectivity index (χ1v) is 10.4. The quantitative estimate of drug-likeness (QED) is 0.528. The van der Waals surface area contributed by atoms with E-state index in [1.807, 2.05) is 32.0 Å². The molecule has 2 aliphatic heterocycles. The van der Waals surface area contributed by atoms with E-state index < -0.39 is 18.0 Å². The number of carbonyl (C=O) groups excluding carboxylic acids is 2. The van der Waals surface area contributed by atoms with Crippen molar-refractivity contribution in [3.05, 3.63) is 64.0 Å². The van der Waals surface area contributed by atoms with Gasteiger partial charge in [0.05, 0.1) is 5.69 Å². The molecule has 2 aromatic carbocycles. The van der Waals surface area contributed by atoms with Crippen molar-refractivity contribution in [1.29, 1.82) is 0 Å². The average molecular weight is 481 g/mol. The molecule has 3 aromatic rings. The second-order valence-corrected chi connectivity index (χ2v) is 8.41. The maximum absolute atomic E-state index is 13.0. The summed E-state index contributed by atoms with van der Waals surface area (Å²) in [4.78, 5) is 31.4. The molecule has 9 nitrogen and oxygen atoms in total. The number of rotatable bonds is 4. The Balaban J connectivity index is 1.36. The summed E-state index contributed by atoms with van der Waals surface area (Å²) in [5.41, 5.74) is 3.64. The molecule has 5 rings (SSSR count). The van der Waals surface area contributed by atoms with E-state index in [9.17, 15) is 9.59 Å². The highest BCUT2D eigenvalue weighted by molar-refractivity contribution is 9.10. The Morgan fingerprint density at radius 2 is 1.81 bits per heavy atom. The predicted octanol–water partition coefficient (Wildman–Crippen LogP) is 3.61. The largest absolute Gasteiger partial charge is 0.337 e. The molecule has 1 saturated heterocycles. The van der Waals surface area contributed by atoms with Crippen LogP contribution in [0.2, 0.25) is 0 Å². The lowest BCUT2D eigenvalue weighted by Gasteiger charge is -2.19. The lowest BCUT2D eigenvalue weighted by atomic mass is 10.1. The summed E-state index contributed by atoms with van der Waals surface area (Å²) in [7, 11) is 0. The molecule has 0 radical (unpaired) electrons. The van der Waals surface area contributed by atoms with Crippen molar-refractivity contribution in [2.75, 3.05) is 4.90 Å². The molecule has 0 spiro atoms. The van der Waals surface area contributed by atoms with E-state index in [2.05, 4.69) is 36.4 Å². The van der Waals surface area contributed by atoms with Gasteiger partial charge in [-0.1, -0.05) is 38.4 Å². The van der Waals surface area contributed by atoms with Crippen molar-refractivity contribution in [3.63, 3.8) is 0 Å². The van der Waals surface area contributed by atoms with E-state index in [1.54, 1.807) is 24.3 Å². The van der Waals surface area contributed by atoms with Crippen LogP contribution in [0.3, 0.4) is 0 Å². The Labute approximate surface area is 185 Å². The highest BCUT2D eigenvalue weighted by atomic mass is 79.9. The predicted molar refractivity (Wildman–Crippen MR) is 114 cm³/mol. The number of benzene rings is 2. The summed E-state index contributed by atoms with van der Waals surface area (Å²) in [6, 6.07) is 11.2. The standard InChI is InChI=1S/C21H17BrN6O3/c1-11-3-4-13(9-12(11)2)19-23-16(31-25-19)10-27-18-17(24-26-27)20(29)28(21(18)30)15-7-5-14(22)6-8-15/h3-9,17-18H,10H2,1-2H3. The van der Waals surface area contributed by atoms with Gasteiger partial charge in [0.1, 0.15) is 6.54 Å². The zero-order valence-electron chi connectivity index (χ0n) is 16.7. The summed E-state index contributed by atoms with van der Waals surface area (Å²) in [5.74, 6) is -0.0348. The van der Waals surface area contributed by atoms with E-state index >= 15 is 0 Å². The first-order valence-electron chi connectivity index (χ1n) is 9.63. The number of nitrogens with zero attached hydrogens (tertiary/aromatic N) is 6. The monoisotopic (exact) mass is 480 g/mol. The number of aryl methyl sites for hydroxylation is 2. The third kappa shape index (κ3) is 3.32. The summed E-state index contributed by atoms with van der Waals surface area (Å²) in [6.45, 7) is 4.13. The molecule has 0 saturated carbocycles. The zero-order chi connectivity index (χ0) is 21.7. The van der Waals surface area contributed by atoms with Gasteiger partial charge in [-0.05, 0) is 55.3 Å². The Kier molecular flexibility index (Phi) is 4.66. The molecule has 3 heterocycles. The van der Waals surface area contributed by atoms with Crippen LogP contribution >= 0.6 is 15.9 Å². The van der Waals surface area contributed by atoms with E-state index in [0.717, 1.165) is 20.5 Å². The van der Waals surface area contributed by atoms with E-state index in [-0.39, 0.29) is 18.3 Å². The van der Waals surface area contributed by atoms with Crippen molar-refractivity contribution in [2.45, 2.75) is 32.5 Å². The topological polar surface area (TPSA) is 104 Å². The molecule has 1 aromatic heterocycles. The zero-order valence-corrected chi connectivity index (χ0v) is 18.3. The molecule has 10 heteroatoms. The molecule has 0 aliphatic carbocycles. The number of fused-ring (bicyclic) bond motifs is 1. The fourth-order valence-electron chi connectivity index (χ4n) is 3.65. The van der Waals surface area contributed by atoms with Crippen LogP contribution in [0, 0.1) is 13.8 Å². The Morgan fingerprint density at radius 3 is 2.55 bits per heavy atom. The van der Waals surface area contributed by atoms with Crippen LogP contribution in [0.1, 0.15) is 17.0 Å². The minimum Gasteiger partial charge on any atom is -0.337 e. The molecule has 156 valence electrons. The van der Waals surface area contributed by atoms with Gasteiger partial charge in [-0.3, -0.25) is 14.6 Å². The minimum atomic E-state index is -0.877. The van der Waals surface area contributed by atoms with Gasteiger partial charge in [0.25, 0.3) is 11.8 Å². The number of imide groups is 1. The first kappa shape index (κ1) is 19.6. The van der Waals surface area contributed by atoms with Crippen LogP contribution in [-0.2, 0) is 16.1 Å². The van der Waals surface area contributed by atoms with Crippen LogP contribution in [0.5, 0.6) is 0 Å². The molecule has 2 atom stereocenters. The average Bonchev–Trinajstić information content (AvgIpc) is 3.44. The van der Waals surface area contributed by atoms with E-state index in [1.165, 1.54) is 10.6 Å². The van der Waals surface area contributed by atoms with E-state index in [4.69, 9.17) is 4.52 Å². The number of aromatic nitrogens is 2. The molecule has 0 N–H and O–H groups in total. The van der Waals surface area contributed by atoms with Gasteiger partial charge < -0.3 is 4.52 Å². The van der Waals surface area contributed by atoms with Gasteiger partial charge in [-0.2, -0.15) is 10.1 Å². The van der Waals surface area contributed by atoms with Gasteiger partial charge >= 0.3 is 0 Å². The van der Waals surface area contributed by atoms with Crippen molar-refractivity contribution >= 4 is 33.4 Å². The lowest BCUT2D eigenvalue weighted by Crippen LogP contribution is -2.39. The summed E-state index contributed by atoms with van der Waals surface area (Å²) in [6.07, 6.45) is 0. The van der Waals surface area contributed by atoms with Crippen molar-refractivity contribution in [3.8, 4) is 11.4 Å². The minimum absolute atomic E-state index is 0.0791. The van der Waals surface area contributed by atoms with Crippen LogP contribution in [-0.4, -0.2) is 39.0 Å². The van der Waals surface area contributed by atoms with Crippen molar-refractivity contribution in [2.24, 2.45) is 10.3 Å². The van der Waals surface area contributed by atoms with E-state index in [0.29, 0.717) is 11.5 Å². The maximum atomic E-state index is 13.0. The number of halogens is 1. The molecule has 2 amide bonds. The Morgan fingerprint density at radius 1 is 1.03 bits per heavy atom. The Bertz CT molecular complexity index is 1220. The van der Waals surface area contributed by atoms with Gasteiger partial charge in [0, 0.05) is 10.0 Å². The maximum Gasteiger partial charge on any atom is 0.263 e. The number of anilines is 1. The summed E-state index contributed by atoms with van der Waals surface area (Å²) < 4.78 is 6.22. The molecular formula is C21H17BrN6O3. The lowest BCUT2D eigenvalue weighted by molar-refractivity contribution is -0.123. The molecule has 1 fully saturated rings. The third-order valence-electron chi connectivity index (χ3n) is 5.47. The van der Waals surface area contributed by atoms with Crippen molar-refractivity contribution < 1.29 is 14.1 Å². The van der Waals surface area contributed by atoms with Gasteiger partial charge in [0.2, 0.25) is 11.7 Å². The first-order chi connectivity index (χ1) is 14.9. The normalized spacial score (nSPS) is 20.1. The third-order valence-corrected chi connectivity index (χ3v) is 6.00. The van der Waals surface area contributed by atoms with Gasteiger partial charge in [0.15, 0.2) is 12.1 Å². The SMILES string of the molecule is Cc1ccc(-c2noc(CN3N=NC4C(=O)N(c5ccc(Br)cc5)C(=O)C43)n2)cc1C. The van der Waals surface area contributed by atoms with Crippen LogP contribution in [0.15, 0.2) is 61.8 Å². The Hall–Kier alpha value is -3.40. The number of hydrogen-bond acceptors (Lipinski definition) is 8. The number of hydrogen-bond donors (Lipinski definition) is 0. The van der Waals surface area contributed by atoms with Crippen LogP contribution in [0.25, 0.3) is 11.4 Å². The van der Waals surface area contributed by atoms with Crippen molar-refractivity contribution in [1.82, 2.24) is 15.1 Å². The van der Waals surface area contributed by atoms with Gasteiger partial charge in [-0.15, -0.1) is 0 Å². The summed E-state index contributed by atoms with van der Waals surface area (Å²) >= 11 is 3.35. The van der Waals surface area contributed by atoms with Crippen LogP contribution in [0.4, 0.5) is 5.69 Å². The number of amides is 2. The highest BCUT2D eigenvalue weighted by Crippen LogP contribution is 2.33. The second kappa shape index (κ2) is 7.38. The highest BCUT2D eigenvalue weighted by Gasteiger charge is 2.55. The fourth-order valence-corrected chi connectivity index (χ4v) is 3.92. The second-order valence-electron chi connectivity index (χ2n) is 7.49. The number of carbonyl (C=O) groups is 2. The molecule has 2 unspecified atom stereocenters. The molecule has 31 heavy (non-hydrogen) atoms. The molecule has 0 bridgehead atoms. The molecule has 2 aliphatic rings. The van der Waals surface area contributed by atoms with Crippen LogP contribution < -0.4 is 4.90 Å². The fraction of sp³-hybridized carbons (Fsp3) is 0.238. The summed E-state index contributed by atoms with van der Waals surface area (Å²) in [5, 5.41) is 13.5. The molecular weight excluding hydrogens is 464 g/mol. The smallest absolute Gasteiger partial charge is 0.263 e.